The summed E-state index contributed by atoms with van der Waals surface area (Å²) in [4.78, 5) is 16.5. The molecule has 0 radical (unpaired) electrons. The van der Waals surface area contributed by atoms with Crippen molar-refractivity contribution in [1.29, 1.82) is 0 Å². The Labute approximate surface area is 141 Å². The average molecular weight is 323 g/mol. The third-order valence-corrected chi connectivity index (χ3v) is 3.95. The van der Waals surface area contributed by atoms with Gasteiger partial charge < -0.3 is 14.6 Å². The van der Waals surface area contributed by atoms with Gasteiger partial charge in [-0.15, -0.1) is 0 Å². The molecule has 0 saturated carbocycles. The molecule has 1 aromatic carbocycles. The standard InChI is InChI=1S/C19H21N3O2/c1-24-11-10-22-14-15(17-7-2-3-8-18(17)22)12-19(23)21-13-16-6-4-5-9-20-16/h2-9,14H,10-13H2,1H3,(H,21,23). The lowest BCUT2D eigenvalue weighted by molar-refractivity contribution is -0.120. The minimum Gasteiger partial charge on any atom is -0.383 e. The number of carbonyl (C=O) groups is 1. The monoisotopic (exact) mass is 323 g/mol. The summed E-state index contributed by atoms with van der Waals surface area (Å²) in [6.07, 6.45) is 4.13. The van der Waals surface area contributed by atoms with Gasteiger partial charge in [-0.3, -0.25) is 9.78 Å². The largest absolute Gasteiger partial charge is 0.383 e. The van der Waals surface area contributed by atoms with Gasteiger partial charge in [0.15, 0.2) is 0 Å². The number of rotatable bonds is 7. The second-order valence-corrected chi connectivity index (χ2v) is 5.63. The van der Waals surface area contributed by atoms with Crippen molar-refractivity contribution in [3.8, 4) is 0 Å². The molecule has 124 valence electrons. The predicted octanol–water partition coefficient (Wildman–Crippen LogP) is 2.54. The highest BCUT2D eigenvalue weighted by molar-refractivity contribution is 5.89. The Morgan fingerprint density at radius 2 is 2.04 bits per heavy atom. The number of methoxy groups -OCH3 is 1. The van der Waals surface area contributed by atoms with Gasteiger partial charge in [0, 0.05) is 37.0 Å². The van der Waals surface area contributed by atoms with Crippen molar-refractivity contribution in [1.82, 2.24) is 14.9 Å². The van der Waals surface area contributed by atoms with E-state index in [0.717, 1.165) is 28.7 Å². The van der Waals surface area contributed by atoms with Crippen LogP contribution in [0.1, 0.15) is 11.3 Å². The molecule has 3 aromatic rings. The summed E-state index contributed by atoms with van der Waals surface area (Å²) in [5, 5.41) is 4.04. The summed E-state index contributed by atoms with van der Waals surface area (Å²) < 4.78 is 7.30. The number of nitrogens with zero attached hydrogens (tertiary/aromatic N) is 2. The molecular weight excluding hydrogens is 302 g/mol. The first kappa shape index (κ1) is 16.2. The molecule has 5 heteroatoms. The lowest BCUT2D eigenvalue weighted by atomic mass is 10.1. The van der Waals surface area contributed by atoms with Crippen molar-refractivity contribution in [3.63, 3.8) is 0 Å². The van der Waals surface area contributed by atoms with Gasteiger partial charge in [-0.2, -0.15) is 0 Å². The van der Waals surface area contributed by atoms with Crippen molar-refractivity contribution < 1.29 is 9.53 Å². The molecule has 24 heavy (non-hydrogen) atoms. The van der Waals surface area contributed by atoms with Crippen LogP contribution in [0.3, 0.4) is 0 Å². The zero-order valence-corrected chi connectivity index (χ0v) is 13.7. The Balaban J connectivity index is 1.71. The molecule has 1 amide bonds. The summed E-state index contributed by atoms with van der Waals surface area (Å²) in [5.74, 6) is -0.00435. The van der Waals surface area contributed by atoms with Crippen molar-refractivity contribution in [3.05, 3.63) is 66.1 Å². The molecule has 0 unspecified atom stereocenters. The molecule has 0 atom stereocenters. The quantitative estimate of drug-likeness (QED) is 0.727. The number of nitrogens with one attached hydrogen (secondary N) is 1. The van der Waals surface area contributed by atoms with E-state index < -0.39 is 0 Å². The lowest BCUT2D eigenvalue weighted by Gasteiger charge is -2.04. The fourth-order valence-corrected chi connectivity index (χ4v) is 2.77. The number of aromatic nitrogens is 2. The summed E-state index contributed by atoms with van der Waals surface area (Å²) in [5.41, 5.74) is 3.01. The minimum atomic E-state index is -0.00435. The average Bonchev–Trinajstić information content (AvgIpc) is 2.97. The van der Waals surface area contributed by atoms with Gasteiger partial charge in [0.2, 0.25) is 5.91 Å². The van der Waals surface area contributed by atoms with E-state index in [1.807, 2.05) is 36.5 Å². The number of para-hydroxylation sites is 1. The van der Waals surface area contributed by atoms with Crippen LogP contribution in [-0.2, 0) is 29.0 Å². The van der Waals surface area contributed by atoms with Gasteiger partial charge in [-0.05, 0) is 23.8 Å². The van der Waals surface area contributed by atoms with Crippen molar-refractivity contribution in [2.24, 2.45) is 0 Å². The van der Waals surface area contributed by atoms with Gasteiger partial charge in [0.25, 0.3) is 0 Å². The van der Waals surface area contributed by atoms with Crippen LogP contribution < -0.4 is 5.32 Å². The number of amides is 1. The van der Waals surface area contributed by atoms with E-state index in [0.29, 0.717) is 19.6 Å². The zero-order chi connectivity index (χ0) is 16.8. The number of pyridine rings is 1. The maximum Gasteiger partial charge on any atom is 0.224 e. The van der Waals surface area contributed by atoms with E-state index in [1.165, 1.54) is 0 Å². The summed E-state index contributed by atoms with van der Waals surface area (Å²) in [6.45, 7) is 1.86. The molecule has 0 bridgehead atoms. The zero-order valence-electron chi connectivity index (χ0n) is 13.7. The van der Waals surface area contributed by atoms with Gasteiger partial charge in [0.1, 0.15) is 0 Å². The Hall–Kier alpha value is -2.66. The number of fused-ring (bicyclic) bond motifs is 1. The third-order valence-electron chi connectivity index (χ3n) is 3.95. The highest BCUT2D eigenvalue weighted by Gasteiger charge is 2.11. The van der Waals surface area contributed by atoms with Crippen LogP contribution >= 0.6 is 0 Å². The van der Waals surface area contributed by atoms with E-state index in [1.54, 1.807) is 13.3 Å². The first-order valence-electron chi connectivity index (χ1n) is 8.00. The van der Waals surface area contributed by atoms with Gasteiger partial charge >= 0.3 is 0 Å². The van der Waals surface area contributed by atoms with Crippen LogP contribution in [0.25, 0.3) is 10.9 Å². The van der Waals surface area contributed by atoms with E-state index in [9.17, 15) is 4.79 Å². The second-order valence-electron chi connectivity index (χ2n) is 5.63. The smallest absolute Gasteiger partial charge is 0.224 e. The first-order chi connectivity index (χ1) is 11.8. The third kappa shape index (κ3) is 3.81. The van der Waals surface area contributed by atoms with E-state index in [-0.39, 0.29) is 5.91 Å². The Kier molecular flexibility index (Phi) is 5.23. The number of hydrogen-bond acceptors (Lipinski definition) is 3. The molecule has 0 aliphatic heterocycles. The highest BCUT2D eigenvalue weighted by Crippen LogP contribution is 2.21. The normalized spacial score (nSPS) is 10.9. The van der Waals surface area contributed by atoms with Gasteiger partial charge in [-0.1, -0.05) is 24.3 Å². The maximum atomic E-state index is 12.3. The molecule has 0 aliphatic carbocycles. The van der Waals surface area contributed by atoms with E-state index in [4.69, 9.17) is 4.74 Å². The van der Waals surface area contributed by atoms with Crippen LogP contribution in [0.15, 0.2) is 54.9 Å². The van der Waals surface area contributed by atoms with Gasteiger partial charge in [-0.25, -0.2) is 0 Å². The molecule has 0 spiro atoms. The van der Waals surface area contributed by atoms with Crippen LogP contribution in [-0.4, -0.2) is 29.2 Å². The van der Waals surface area contributed by atoms with Crippen LogP contribution in [0, 0.1) is 0 Å². The van der Waals surface area contributed by atoms with Crippen LogP contribution in [0.5, 0.6) is 0 Å². The van der Waals surface area contributed by atoms with Crippen molar-refractivity contribution in [2.45, 2.75) is 19.5 Å². The highest BCUT2D eigenvalue weighted by atomic mass is 16.5. The Morgan fingerprint density at radius 3 is 2.83 bits per heavy atom. The topological polar surface area (TPSA) is 56.1 Å². The predicted molar refractivity (Wildman–Crippen MR) is 93.6 cm³/mol. The van der Waals surface area contributed by atoms with Gasteiger partial charge in [0.05, 0.1) is 25.3 Å². The molecule has 0 fully saturated rings. The fourth-order valence-electron chi connectivity index (χ4n) is 2.77. The number of hydrogen-bond donors (Lipinski definition) is 1. The van der Waals surface area contributed by atoms with E-state index >= 15 is 0 Å². The Bertz CT molecular complexity index is 812. The molecule has 0 aliphatic rings. The number of benzene rings is 1. The summed E-state index contributed by atoms with van der Waals surface area (Å²) >= 11 is 0. The molecule has 0 saturated heterocycles. The lowest BCUT2D eigenvalue weighted by Crippen LogP contribution is -2.24. The van der Waals surface area contributed by atoms with Crippen molar-refractivity contribution >= 4 is 16.8 Å². The minimum absolute atomic E-state index is 0.00435. The maximum absolute atomic E-state index is 12.3. The fraction of sp³-hybridized carbons (Fsp3) is 0.263. The second kappa shape index (κ2) is 7.75. The summed E-state index contributed by atoms with van der Waals surface area (Å²) in [7, 11) is 1.69. The molecule has 3 rings (SSSR count). The number of ether oxygens (including phenoxy) is 1. The van der Waals surface area contributed by atoms with E-state index in [2.05, 4.69) is 27.0 Å². The first-order valence-corrected chi connectivity index (χ1v) is 8.00. The van der Waals surface area contributed by atoms with Crippen molar-refractivity contribution in [2.75, 3.05) is 13.7 Å². The summed E-state index contributed by atoms with van der Waals surface area (Å²) in [6, 6.07) is 13.8. The van der Waals surface area contributed by atoms with Crippen LogP contribution in [0.2, 0.25) is 0 Å². The SMILES string of the molecule is COCCn1cc(CC(=O)NCc2ccccn2)c2ccccc21. The number of carbonyl (C=O) groups excluding carboxylic acids is 1. The molecule has 5 nitrogen and oxygen atoms in total. The van der Waals surface area contributed by atoms with Crippen LogP contribution in [0.4, 0.5) is 0 Å². The molecule has 2 heterocycles. The molecule has 1 N–H and O–H groups in total. The molecule has 2 aromatic heterocycles. The molecular formula is C19H21N3O2. The Morgan fingerprint density at radius 1 is 1.21 bits per heavy atom.